The summed E-state index contributed by atoms with van der Waals surface area (Å²) in [6, 6.07) is 8.80. The molecule has 0 atom stereocenters. The van der Waals surface area contributed by atoms with E-state index in [0.717, 1.165) is 0 Å². The number of rotatable bonds is 1. The van der Waals surface area contributed by atoms with Gasteiger partial charge in [-0.3, -0.25) is 4.79 Å². The molecule has 0 heterocycles. The zero-order chi connectivity index (χ0) is 7.40. The van der Waals surface area contributed by atoms with E-state index in [1.165, 1.54) is 0 Å². The number of carbonyl (C=O) groups is 1. The zero-order valence-electron chi connectivity index (χ0n) is 5.37. The Hall–Kier alpha value is -1.55. The monoisotopic (exact) mass is 131 g/mol. The fraction of sp³-hybridized carbons (Fsp3) is 0. The van der Waals surface area contributed by atoms with E-state index in [1.54, 1.807) is 24.3 Å². The van der Waals surface area contributed by atoms with E-state index in [2.05, 4.69) is 0 Å². The van der Waals surface area contributed by atoms with E-state index in [0.29, 0.717) is 5.56 Å². The summed E-state index contributed by atoms with van der Waals surface area (Å²) in [5, 5.41) is 0. The molecule has 0 N–H and O–H groups in total. The molecule has 0 aliphatic carbocycles. The van der Waals surface area contributed by atoms with E-state index in [-0.39, 0.29) is 5.78 Å². The molecule has 0 unspecified atom stereocenters. The van der Waals surface area contributed by atoms with E-state index >= 15 is 0 Å². The van der Waals surface area contributed by atoms with Gasteiger partial charge in [0.1, 0.15) is 0 Å². The third-order valence-corrected chi connectivity index (χ3v) is 1.17. The summed E-state index contributed by atoms with van der Waals surface area (Å²) in [5.74, 6) is 1.78. The van der Waals surface area contributed by atoms with E-state index in [4.69, 9.17) is 6.42 Å². The number of terminal acetylenes is 1. The van der Waals surface area contributed by atoms with Crippen LogP contribution in [0, 0.1) is 12.3 Å². The second-order valence-electron chi connectivity index (χ2n) is 1.84. The highest BCUT2D eigenvalue weighted by atomic mass is 16.1. The van der Waals surface area contributed by atoms with Gasteiger partial charge in [0.05, 0.1) is 0 Å². The van der Waals surface area contributed by atoms with Gasteiger partial charge < -0.3 is 0 Å². The highest BCUT2D eigenvalue weighted by Crippen LogP contribution is 1.97. The van der Waals surface area contributed by atoms with Crippen molar-refractivity contribution in [3.63, 3.8) is 0 Å². The lowest BCUT2D eigenvalue weighted by Gasteiger charge is -1.88. The minimum absolute atomic E-state index is 0.263. The highest BCUT2D eigenvalue weighted by molar-refractivity contribution is 6.08. The first-order chi connectivity index (χ1) is 4.84. The van der Waals surface area contributed by atoms with Crippen LogP contribution in [0.1, 0.15) is 10.4 Å². The average molecular weight is 131 g/mol. The van der Waals surface area contributed by atoms with Crippen LogP contribution in [0.5, 0.6) is 0 Å². The molecule has 0 aliphatic heterocycles. The van der Waals surface area contributed by atoms with Crippen LogP contribution in [0.2, 0.25) is 0 Å². The smallest absolute Gasteiger partial charge is 0.235 e. The van der Waals surface area contributed by atoms with Crippen molar-refractivity contribution in [3.05, 3.63) is 35.9 Å². The average Bonchev–Trinajstić information content (AvgIpc) is 2.05. The Bertz CT molecular complexity index is 267. The number of carbonyl (C=O) groups excluding carboxylic acids is 1. The molecule has 1 aromatic carbocycles. The van der Waals surface area contributed by atoms with Gasteiger partial charge in [-0.2, -0.15) is 0 Å². The van der Waals surface area contributed by atoms with Crippen molar-refractivity contribution in [2.24, 2.45) is 0 Å². The molecule has 0 saturated heterocycles. The molecule has 0 fully saturated rings. The van der Waals surface area contributed by atoms with E-state index in [9.17, 15) is 4.79 Å². The Morgan fingerprint density at radius 1 is 1.30 bits per heavy atom. The molecule has 48 valence electrons. The number of Topliss-reactive ketones (excluding diaryl/α,β-unsaturated/α-hetero) is 1. The summed E-state index contributed by atoms with van der Waals surface area (Å²) in [6.07, 6.45) is 4.90. The SMILES string of the molecule is [13CH]#CC(=O)c1ccccc1. The Balaban J connectivity index is 2.99. The highest BCUT2D eigenvalue weighted by Gasteiger charge is 1.96. The van der Waals surface area contributed by atoms with Crippen molar-refractivity contribution in [1.29, 1.82) is 0 Å². The summed E-state index contributed by atoms with van der Waals surface area (Å²) in [5.41, 5.74) is 0.574. The third kappa shape index (κ3) is 1.24. The first kappa shape index (κ1) is 6.57. The van der Waals surface area contributed by atoms with Gasteiger partial charge in [0, 0.05) is 5.56 Å². The maximum Gasteiger partial charge on any atom is 0.235 e. The van der Waals surface area contributed by atoms with Gasteiger partial charge in [-0.15, -0.1) is 6.42 Å². The van der Waals surface area contributed by atoms with Gasteiger partial charge >= 0.3 is 0 Å². The maximum absolute atomic E-state index is 10.8. The van der Waals surface area contributed by atoms with Crippen molar-refractivity contribution < 1.29 is 4.79 Å². The molecule has 0 spiro atoms. The van der Waals surface area contributed by atoms with Crippen molar-refractivity contribution in [1.82, 2.24) is 0 Å². The van der Waals surface area contributed by atoms with Crippen molar-refractivity contribution in [2.75, 3.05) is 0 Å². The Morgan fingerprint density at radius 2 is 1.90 bits per heavy atom. The Labute approximate surface area is 59.7 Å². The Kier molecular flexibility index (Phi) is 1.86. The van der Waals surface area contributed by atoms with Gasteiger partial charge in [-0.1, -0.05) is 30.3 Å². The number of hydrogen-bond acceptors (Lipinski definition) is 1. The topological polar surface area (TPSA) is 17.1 Å². The van der Waals surface area contributed by atoms with E-state index < -0.39 is 0 Å². The molecule has 1 rings (SSSR count). The number of benzene rings is 1. The van der Waals surface area contributed by atoms with Gasteiger partial charge in [0.15, 0.2) is 0 Å². The van der Waals surface area contributed by atoms with Crippen LogP contribution in [0.15, 0.2) is 30.3 Å². The van der Waals surface area contributed by atoms with Gasteiger partial charge in [0.25, 0.3) is 0 Å². The summed E-state index contributed by atoms with van der Waals surface area (Å²) in [6.45, 7) is 0. The zero-order valence-corrected chi connectivity index (χ0v) is 5.37. The summed E-state index contributed by atoms with van der Waals surface area (Å²) in [4.78, 5) is 10.8. The van der Waals surface area contributed by atoms with Gasteiger partial charge in [-0.25, -0.2) is 0 Å². The van der Waals surface area contributed by atoms with Crippen LogP contribution in [-0.4, -0.2) is 5.78 Å². The van der Waals surface area contributed by atoms with E-state index in [1.807, 2.05) is 12.0 Å². The molecule has 0 amide bonds. The Morgan fingerprint density at radius 3 is 2.40 bits per heavy atom. The maximum atomic E-state index is 10.8. The van der Waals surface area contributed by atoms with Crippen LogP contribution in [0.4, 0.5) is 0 Å². The van der Waals surface area contributed by atoms with Crippen LogP contribution in [0.25, 0.3) is 0 Å². The fourth-order valence-electron chi connectivity index (χ4n) is 0.673. The normalized spacial score (nSPS) is 8.30. The molecular weight excluding hydrogens is 125 g/mol. The lowest BCUT2D eigenvalue weighted by molar-refractivity contribution is 0.105. The second kappa shape index (κ2) is 2.84. The fourth-order valence-corrected chi connectivity index (χ4v) is 0.673. The van der Waals surface area contributed by atoms with Crippen LogP contribution in [0.3, 0.4) is 0 Å². The first-order valence-corrected chi connectivity index (χ1v) is 2.90. The van der Waals surface area contributed by atoms with Crippen molar-refractivity contribution in [3.8, 4) is 12.3 Å². The molecule has 0 bridgehead atoms. The predicted octanol–water partition coefficient (Wildman–Crippen LogP) is 1.50. The second-order valence-corrected chi connectivity index (χ2v) is 1.84. The first-order valence-electron chi connectivity index (χ1n) is 2.90. The van der Waals surface area contributed by atoms with Crippen LogP contribution < -0.4 is 0 Å². The molecule has 1 nitrogen and oxygen atoms in total. The predicted molar refractivity (Wildman–Crippen MR) is 39.6 cm³/mol. The molecule has 10 heavy (non-hydrogen) atoms. The molecule has 0 radical (unpaired) electrons. The third-order valence-electron chi connectivity index (χ3n) is 1.17. The van der Waals surface area contributed by atoms with Crippen LogP contribution in [-0.2, 0) is 0 Å². The molecule has 1 heteroatoms. The molecular formula is C9H6O. The largest absolute Gasteiger partial charge is 0.279 e. The quantitative estimate of drug-likeness (QED) is 0.244. The molecule has 0 aromatic heterocycles. The van der Waals surface area contributed by atoms with Crippen LogP contribution >= 0.6 is 0 Å². The van der Waals surface area contributed by atoms with Crippen molar-refractivity contribution >= 4 is 5.78 Å². The lowest BCUT2D eigenvalue weighted by atomic mass is 10.1. The lowest BCUT2D eigenvalue weighted by Crippen LogP contribution is -1.91. The standard InChI is InChI=1S/C9H6O/c1-2-9(10)8-6-4-3-5-7-8/h1,3-7H/i1+1. The van der Waals surface area contributed by atoms with Gasteiger partial charge in [0.2, 0.25) is 5.78 Å². The summed E-state index contributed by atoms with van der Waals surface area (Å²) < 4.78 is 0. The minimum atomic E-state index is -0.263. The van der Waals surface area contributed by atoms with Gasteiger partial charge in [-0.05, 0) is 5.92 Å². The van der Waals surface area contributed by atoms with Crippen molar-refractivity contribution in [2.45, 2.75) is 0 Å². The minimum Gasteiger partial charge on any atom is -0.279 e. The number of ketones is 1. The molecule has 0 saturated carbocycles. The molecule has 0 aliphatic rings. The summed E-state index contributed by atoms with van der Waals surface area (Å²) >= 11 is 0. The summed E-state index contributed by atoms with van der Waals surface area (Å²) in [7, 11) is 0. The number of hydrogen-bond donors (Lipinski definition) is 0. The molecule has 1 aromatic rings.